The Hall–Kier alpha value is -2.05. The van der Waals surface area contributed by atoms with Crippen LogP contribution < -0.4 is 0 Å². The van der Waals surface area contributed by atoms with Crippen LogP contribution in [0, 0.1) is 0 Å². The van der Waals surface area contributed by atoms with Crippen LogP contribution in [0.3, 0.4) is 0 Å². The van der Waals surface area contributed by atoms with Gasteiger partial charge >= 0.3 is 5.97 Å². The van der Waals surface area contributed by atoms with E-state index in [2.05, 4.69) is 5.10 Å². The zero-order chi connectivity index (χ0) is 16.6. The lowest BCUT2D eigenvalue weighted by Crippen LogP contribution is -2.40. The van der Waals surface area contributed by atoms with Crippen LogP contribution in [0.4, 0.5) is 0 Å². The number of rotatable bonds is 3. The molecule has 1 aliphatic rings. The van der Waals surface area contributed by atoms with Gasteiger partial charge in [0.1, 0.15) is 6.04 Å². The van der Waals surface area contributed by atoms with Crippen molar-refractivity contribution < 1.29 is 14.7 Å². The number of carbonyl (C=O) groups is 2. The molecular weight excluding hydrogens is 341 g/mol. The molecule has 2 heterocycles. The van der Waals surface area contributed by atoms with Crippen LogP contribution in [0.15, 0.2) is 30.5 Å². The highest BCUT2D eigenvalue weighted by molar-refractivity contribution is 6.35. The maximum Gasteiger partial charge on any atom is 0.326 e. The van der Waals surface area contributed by atoms with Crippen molar-refractivity contribution in [1.29, 1.82) is 0 Å². The van der Waals surface area contributed by atoms with Crippen molar-refractivity contribution in [1.82, 2.24) is 14.7 Å². The fourth-order valence-electron chi connectivity index (χ4n) is 2.65. The van der Waals surface area contributed by atoms with E-state index in [4.69, 9.17) is 23.2 Å². The highest BCUT2D eigenvalue weighted by Crippen LogP contribution is 2.25. The Labute approximate surface area is 142 Å². The minimum absolute atomic E-state index is 0.184. The molecule has 2 aromatic rings. The van der Waals surface area contributed by atoms with Crippen molar-refractivity contribution in [2.45, 2.75) is 18.9 Å². The fraction of sp³-hybridized carbons (Fsp3) is 0.267. The number of amides is 1. The first kappa shape index (κ1) is 15.8. The highest BCUT2D eigenvalue weighted by atomic mass is 35.5. The molecule has 23 heavy (non-hydrogen) atoms. The van der Waals surface area contributed by atoms with E-state index in [0.29, 0.717) is 35.1 Å². The summed E-state index contributed by atoms with van der Waals surface area (Å²) in [5.41, 5.74) is 0.774. The van der Waals surface area contributed by atoms with Crippen molar-refractivity contribution in [3.05, 3.63) is 46.2 Å². The lowest BCUT2D eigenvalue weighted by atomic mass is 10.2. The normalized spacial score (nSPS) is 17.5. The number of aromatic nitrogens is 2. The third-order valence-electron chi connectivity index (χ3n) is 3.76. The van der Waals surface area contributed by atoms with E-state index < -0.39 is 17.9 Å². The number of carboxylic acid groups (broad SMARTS) is 1. The van der Waals surface area contributed by atoms with Gasteiger partial charge in [0.05, 0.1) is 10.7 Å². The number of hydrogen-bond donors (Lipinski definition) is 1. The lowest BCUT2D eigenvalue weighted by Gasteiger charge is -2.20. The summed E-state index contributed by atoms with van der Waals surface area (Å²) in [6, 6.07) is 5.72. The maximum atomic E-state index is 12.5. The molecule has 120 valence electrons. The summed E-state index contributed by atoms with van der Waals surface area (Å²) in [5, 5.41) is 14.3. The maximum absolute atomic E-state index is 12.5. The third-order valence-corrected chi connectivity index (χ3v) is 4.30. The zero-order valence-electron chi connectivity index (χ0n) is 11.9. The van der Waals surface area contributed by atoms with Gasteiger partial charge in [-0.25, -0.2) is 9.48 Å². The van der Waals surface area contributed by atoms with Crippen molar-refractivity contribution in [3.63, 3.8) is 0 Å². The molecule has 1 atom stereocenters. The molecule has 0 aliphatic carbocycles. The Bertz CT molecular complexity index is 775. The zero-order valence-corrected chi connectivity index (χ0v) is 13.5. The van der Waals surface area contributed by atoms with E-state index in [0.717, 1.165) is 0 Å². The van der Waals surface area contributed by atoms with Crippen LogP contribution in [-0.2, 0) is 4.79 Å². The first-order chi connectivity index (χ1) is 11.0. The molecule has 8 heteroatoms. The van der Waals surface area contributed by atoms with Gasteiger partial charge in [0.15, 0.2) is 5.69 Å². The quantitative estimate of drug-likeness (QED) is 0.920. The summed E-state index contributed by atoms with van der Waals surface area (Å²) < 4.78 is 1.47. The van der Waals surface area contributed by atoms with Crippen molar-refractivity contribution in [2.75, 3.05) is 6.54 Å². The van der Waals surface area contributed by atoms with Crippen LogP contribution in [0.2, 0.25) is 10.0 Å². The molecule has 1 fully saturated rings. The molecule has 0 bridgehead atoms. The van der Waals surface area contributed by atoms with E-state index in [1.807, 2.05) is 0 Å². The number of hydrogen-bond acceptors (Lipinski definition) is 3. The number of benzene rings is 1. The molecule has 0 saturated carbocycles. The van der Waals surface area contributed by atoms with Gasteiger partial charge in [0.2, 0.25) is 0 Å². The molecule has 1 amide bonds. The standard InChI is InChI=1S/C15H13Cl2N3O3/c16-9-3-4-12(10(17)8-9)20-7-5-11(18-20)14(21)19-6-1-2-13(19)15(22)23/h3-5,7-8,13H,1-2,6H2,(H,22,23)/t13-/m1/s1. The van der Waals surface area contributed by atoms with Crippen LogP contribution in [0.5, 0.6) is 0 Å². The van der Waals surface area contributed by atoms with E-state index in [-0.39, 0.29) is 5.69 Å². The molecule has 1 saturated heterocycles. The summed E-state index contributed by atoms with van der Waals surface area (Å²) in [4.78, 5) is 25.0. The second-order valence-electron chi connectivity index (χ2n) is 5.24. The van der Waals surface area contributed by atoms with Crippen LogP contribution >= 0.6 is 23.2 Å². The van der Waals surface area contributed by atoms with E-state index >= 15 is 0 Å². The highest BCUT2D eigenvalue weighted by Gasteiger charge is 2.35. The van der Waals surface area contributed by atoms with Gasteiger partial charge in [-0.3, -0.25) is 4.79 Å². The molecular formula is C15H13Cl2N3O3. The average molecular weight is 354 g/mol. The smallest absolute Gasteiger partial charge is 0.326 e. The number of carbonyl (C=O) groups excluding carboxylic acids is 1. The van der Waals surface area contributed by atoms with Crippen LogP contribution in [-0.4, -0.2) is 44.3 Å². The Morgan fingerprint density at radius 1 is 1.26 bits per heavy atom. The van der Waals surface area contributed by atoms with E-state index in [9.17, 15) is 14.7 Å². The van der Waals surface area contributed by atoms with Crippen molar-refractivity contribution in [3.8, 4) is 5.69 Å². The molecule has 1 aliphatic heterocycles. The third kappa shape index (κ3) is 3.04. The minimum atomic E-state index is -0.990. The Kier molecular flexibility index (Phi) is 4.28. The summed E-state index contributed by atoms with van der Waals surface area (Å²) >= 11 is 12.0. The molecule has 1 N–H and O–H groups in total. The first-order valence-electron chi connectivity index (χ1n) is 7.02. The predicted octanol–water partition coefficient (Wildman–Crippen LogP) is 2.87. The monoisotopic (exact) mass is 353 g/mol. The number of carboxylic acids is 1. The Morgan fingerprint density at radius 2 is 2.04 bits per heavy atom. The summed E-state index contributed by atoms with van der Waals surface area (Å²) in [6.07, 6.45) is 2.74. The molecule has 6 nitrogen and oxygen atoms in total. The Balaban J connectivity index is 1.87. The summed E-state index contributed by atoms with van der Waals surface area (Å²) in [5.74, 6) is -1.38. The largest absolute Gasteiger partial charge is 0.480 e. The Morgan fingerprint density at radius 3 is 2.74 bits per heavy atom. The molecule has 3 rings (SSSR count). The number of aliphatic carboxylic acids is 1. The van der Waals surface area contributed by atoms with Crippen molar-refractivity contribution in [2.24, 2.45) is 0 Å². The topological polar surface area (TPSA) is 75.4 Å². The predicted molar refractivity (Wildman–Crippen MR) is 85.3 cm³/mol. The van der Waals surface area contributed by atoms with Gasteiger partial charge in [0, 0.05) is 17.8 Å². The molecule has 1 aromatic carbocycles. The lowest BCUT2D eigenvalue weighted by molar-refractivity contribution is -0.141. The second kappa shape index (κ2) is 6.22. The van der Waals surface area contributed by atoms with E-state index in [1.165, 1.54) is 9.58 Å². The molecule has 0 unspecified atom stereocenters. The van der Waals surface area contributed by atoms with Gasteiger partial charge in [-0.15, -0.1) is 0 Å². The second-order valence-corrected chi connectivity index (χ2v) is 6.08. The minimum Gasteiger partial charge on any atom is -0.480 e. The number of likely N-dealkylation sites (tertiary alicyclic amines) is 1. The molecule has 0 radical (unpaired) electrons. The fourth-order valence-corrected chi connectivity index (χ4v) is 3.15. The van der Waals surface area contributed by atoms with Crippen LogP contribution in [0.25, 0.3) is 5.69 Å². The number of halogens is 2. The van der Waals surface area contributed by atoms with Gasteiger partial charge in [-0.2, -0.15) is 5.10 Å². The summed E-state index contributed by atoms with van der Waals surface area (Å²) in [6.45, 7) is 0.421. The van der Waals surface area contributed by atoms with Crippen LogP contribution in [0.1, 0.15) is 23.3 Å². The van der Waals surface area contributed by atoms with Gasteiger partial charge in [0.25, 0.3) is 5.91 Å². The summed E-state index contributed by atoms with van der Waals surface area (Å²) in [7, 11) is 0. The number of nitrogens with zero attached hydrogens (tertiary/aromatic N) is 3. The average Bonchev–Trinajstić information content (AvgIpc) is 3.16. The molecule has 1 aromatic heterocycles. The van der Waals surface area contributed by atoms with Gasteiger partial charge in [-0.1, -0.05) is 23.2 Å². The van der Waals surface area contributed by atoms with Gasteiger partial charge < -0.3 is 10.0 Å². The SMILES string of the molecule is O=C(O)[C@H]1CCCN1C(=O)c1ccn(-c2ccc(Cl)cc2Cl)n1. The van der Waals surface area contributed by atoms with E-state index in [1.54, 1.807) is 30.5 Å². The van der Waals surface area contributed by atoms with Crippen molar-refractivity contribution >= 4 is 35.1 Å². The van der Waals surface area contributed by atoms with Gasteiger partial charge in [-0.05, 0) is 37.1 Å². The molecule has 0 spiro atoms. The first-order valence-corrected chi connectivity index (χ1v) is 7.78.